The van der Waals surface area contributed by atoms with Crippen molar-refractivity contribution in [3.05, 3.63) is 21.4 Å². The quantitative estimate of drug-likeness (QED) is 0.840. The zero-order chi connectivity index (χ0) is 11.7. The summed E-state index contributed by atoms with van der Waals surface area (Å²) in [6, 6.07) is 2.39. The summed E-state index contributed by atoms with van der Waals surface area (Å²) in [6.45, 7) is 6.38. The molecule has 0 saturated heterocycles. The lowest BCUT2D eigenvalue weighted by Gasteiger charge is -2.11. The van der Waals surface area contributed by atoms with E-state index in [2.05, 4.69) is 26.1 Å². The van der Waals surface area contributed by atoms with Gasteiger partial charge >= 0.3 is 0 Å². The Kier molecular flexibility index (Phi) is 3.33. The second-order valence-corrected chi connectivity index (χ2v) is 6.19. The van der Waals surface area contributed by atoms with Crippen molar-refractivity contribution in [2.24, 2.45) is 5.92 Å². The molecule has 2 atom stereocenters. The molecule has 2 rings (SSSR count). The van der Waals surface area contributed by atoms with Gasteiger partial charge in [0.2, 0.25) is 0 Å². The van der Waals surface area contributed by atoms with E-state index in [1.165, 1.54) is 16.9 Å². The van der Waals surface area contributed by atoms with E-state index in [0.717, 1.165) is 23.6 Å². The van der Waals surface area contributed by atoms with Crippen molar-refractivity contribution in [3.63, 3.8) is 0 Å². The van der Waals surface area contributed by atoms with Crippen LogP contribution in [0.15, 0.2) is 6.07 Å². The van der Waals surface area contributed by atoms with Crippen LogP contribution in [0.5, 0.6) is 0 Å². The molecule has 88 valence electrons. The lowest BCUT2D eigenvalue weighted by atomic mass is 10.1. The predicted octanol–water partition coefficient (Wildman–Crippen LogP) is 3.28. The topological polar surface area (TPSA) is 29.1 Å². The van der Waals surface area contributed by atoms with Gasteiger partial charge in [0.1, 0.15) is 0 Å². The van der Waals surface area contributed by atoms with Crippen molar-refractivity contribution in [2.75, 3.05) is 0 Å². The molecule has 0 bridgehead atoms. The molecule has 0 radical (unpaired) electrons. The molecule has 1 aromatic heterocycles. The molecule has 0 aliphatic heterocycles. The third kappa shape index (κ3) is 2.46. The first-order valence-corrected chi connectivity index (χ1v) is 6.76. The van der Waals surface area contributed by atoms with Crippen LogP contribution in [-0.2, 0) is 0 Å². The molecular formula is C13H19NOS. The Morgan fingerprint density at radius 3 is 2.69 bits per heavy atom. The maximum Gasteiger partial charge on any atom is 0.261 e. The Morgan fingerprint density at radius 1 is 1.44 bits per heavy atom. The van der Waals surface area contributed by atoms with Crippen LogP contribution in [0.25, 0.3) is 0 Å². The number of rotatable bonds is 2. The molecule has 2 unspecified atom stereocenters. The van der Waals surface area contributed by atoms with Crippen LogP contribution in [0, 0.1) is 19.8 Å². The fourth-order valence-electron chi connectivity index (χ4n) is 2.28. The van der Waals surface area contributed by atoms with Crippen molar-refractivity contribution in [1.29, 1.82) is 0 Å². The smallest absolute Gasteiger partial charge is 0.261 e. The Hall–Kier alpha value is -0.830. The highest BCUT2D eigenvalue weighted by molar-refractivity contribution is 7.14. The molecule has 1 heterocycles. The van der Waals surface area contributed by atoms with E-state index in [4.69, 9.17) is 0 Å². The van der Waals surface area contributed by atoms with Gasteiger partial charge in [0, 0.05) is 10.9 Å². The third-order valence-electron chi connectivity index (χ3n) is 3.42. The average molecular weight is 237 g/mol. The number of amides is 1. The number of hydrogen-bond donors (Lipinski definition) is 1. The minimum Gasteiger partial charge on any atom is -0.349 e. The minimum absolute atomic E-state index is 0.111. The van der Waals surface area contributed by atoms with Crippen LogP contribution in [0.2, 0.25) is 0 Å². The lowest BCUT2D eigenvalue weighted by Crippen LogP contribution is -2.32. The fourth-order valence-corrected chi connectivity index (χ4v) is 3.22. The second kappa shape index (κ2) is 4.58. The normalized spacial score (nSPS) is 24.7. The van der Waals surface area contributed by atoms with E-state index in [1.807, 2.05) is 6.07 Å². The van der Waals surface area contributed by atoms with Gasteiger partial charge in [-0.1, -0.05) is 6.92 Å². The summed E-state index contributed by atoms with van der Waals surface area (Å²) in [5.74, 6) is 0.873. The minimum atomic E-state index is 0.111. The second-order valence-electron chi connectivity index (χ2n) is 4.94. The number of hydrogen-bond acceptors (Lipinski definition) is 2. The SMILES string of the molecule is Cc1cc(C(=O)NC2CCC(C)C2)sc1C. The number of nitrogens with one attached hydrogen (secondary N) is 1. The average Bonchev–Trinajstić information content (AvgIpc) is 2.75. The highest BCUT2D eigenvalue weighted by Gasteiger charge is 2.23. The van der Waals surface area contributed by atoms with E-state index in [9.17, 15) is 4.79 Å². The van der Waals surface area contributed by atoms with Crippen LogP contribution in [0.1, 0.15) is 46.3 Å². The molecule has 3 heteroatoms. The van der Waals surface area contributed by atoms with E-state index in [1.54, 1.807) is 11.3 Å². The van der Waals surface area contributed by atoms with Crippen molar-refractivity contribution in [2.45, 2.75) is 46.1 Å². The summed E-state index contributed by atoms with van der Waals surface area (Å²) >= 11 is 1.59. The molecule has 2 nitrogen and oxygen atoms in total. The van der Waals surface area contributed by atoms with Crippen LogP contribution >= 0.6 is 11.3 Å². The number of carbonyl (C=O) groups is 1. The highest BCUT2D eigenvalue weighted by atomic mass is 32.1. The van der Waals surface area contributed by atoms with Gasteiger partial charge in [0.15, 0.2) is 0 Å². The maximum absolute atomic E-state index is 12.0. The van der Waals surface area contributed by atoms with Crippen LogP contribution in [-0.4, -0.2) is 11.9 Å². The Bertz CT molecular complexity index is 377. The molecule has 1 aliphatic rings. The first kappa shape index (κ1) is 11.6. The van der Waals surface area contributed by atoms with Crippen molar-refractivity contribution in [3.8, 4) is 0 Å². The molecule has 0 aromatic carbocycles. The zero-order valence-electron chi connectivity index (χ0n) is 10.2. The monoisotopic (exact) mass is 237 g/mol. The first-order valence-electron chi connectivity index (χ1n) is 5.94. The van der Waals surface area contributed by atoms with Crippen LogP contribution < -0.4 is 5.32 Å². The number of carbonyl (C=O) groups excluding carboxylic acids is 1. The van der Waals surface area contributed by atoms with Gasteiger partial charge in [0.25, 0.3) is 5.91 Å². The van der Waals surface area contributed by atoms with Crippen molar-refractivity contribution >= 4 is 17.2 Å². The van der Waals surface area contributed by atoms with Gasteiger partial charge in [-0.2, -0.15) is 0 Å². The number of aryl methyl sites for hydroxylation is 2. The van der Waals surface area contributed by atoms with Crippen molar-refractivity contribution < 1.29 is 4.79 Å². The third-order valence-corrected chi connectivity index (χ3v) is 4.57. The van der Waals surface area contributed by atoms with E-state index in [0.29, 0.717) is 6.04 Å². The van der Waals surface area contributed by atoms with Gasteiger partial charge in [-0.25, -0.2) is 0 Å². The summed E-state index contributed by atoms with van der Waals surface area (Å²) in [6.07, 6.45) is 3.51. The van der Waals surface area contributed by atoms with Gasteiger partial charge in [0.05, 0.1) is 4.88 Å². The Labute approximate surface area is 101 Å². The van der Waals surface area contributed by atoms with Gasteiger partial charge in [-0.15, -0.1) is 11.3 Å². The van der Waals surface area contributed by atoms with E-state index < -0.39 is 0 Å². The predicted molar refractivity (Wildman–Crippen MR) is 68.1 cm³/mol. The summed E-state index contributed by atoms with van der Waals surface area (Å²) < 4.78 is 0. The van der Waals surface area contributed by atoms with Crippen molar-refractivity contribution in [1.82, 2.24) is 5.32 Å². The maximum atomic E-state index is 12.0. The highest BCUT2D eigenvalue weighted by Crippen LogP contribution is 2.26. The van der Waals surface area contributed by atoms with Gasteiger partial charge in [-0.3, -0.25) is 4.79 Å². The molecule has 1 aliphatic carbocycles. The van der Waals surface area contributed by atoms with Gasteiger partial charge in [-0.05, 0) is 50.7 Å². The molecule has 1 fully saturated rings. The summed E-state index contributed by atoms with van der Waals surface area (Å²) in [7, 11) is 0. The number of thiophene rings is 1. The first-order chi connectivity index (χ1) is 7.56. The van der Waals surface area contributed by atoms with E-state index in [-0.39, 0.29) is 5.91 Å². The van der Waals surface area contributed by atoms with Gasteiger partial charge < -0.3 is 5.32 Å². The lowest BCUT2D eigenvalue weighted by molar-refractivity contribution is 0.0941. The molecule has 1 N–H and O–H groups in total. The van der Waals surface area contributed by atoms with E-state index >= 15 is 0 Å². The Balaban J connectivity index is 1.98. The zero-order valence-corrected chi connectivity index (χ0v) is 11.0. The molecular weight excluding hydrogens is 218 g/mol. The van der Waals surface area contributed by atoms with Crippen LogP contribution in [0.4, 0.5) is 0 Å². The molecule has 0 spiro atoms. The summed E-state index contributed by atoms with van der Waals surface area (Å²) in [5.41, 5.74) is 1.22. The standard InChI is InChI=1S/C13H19NOS/c1-8-4-5-11(6-8)14-13(15)12-7-9(2)10(3)16-12/h7-8,11H,4-6H2,1-3H3,(H,14,15). The Morgan fingerprint density at radius 2 is 2.19 bits per heavy atom. The molecule has 1 amide bonds. The van der Waals surface area contributed by atoms with Crippen LogP contribution in [0.3, 0.4) is 0 Å². The molecule has 1 saturated carbocycles. The molecule has 1 aromatic rings. The fraction of sp³-hybridized carbons (Fsp3) is 0.615. The summed E-state index contributed by atoms with van der Waals surface area (Å²) in [5, 5.41) is 3.14. The molecule has 16 heavy (non-hydrogen) atoms. The largest absolute Gasteiger partial charge is 0.349 e. The summed E-state index contributed by atoms with van der Waals surface area (Å²) in [4.78, 5) is 14.1.